The summed E-state index contributed by atoms with van der Waals surface area (Å²) in [6.07, 6.45) is 2.68. The van der Waals surface area contributed by atoms with Crippen LogP contribution in [0.2, 0.25) is 0 Å². The number of benzene rings is 1. The molecule has 8 heteroatoms. The van der Waals surface area contributed by atoms with Gasteiger partial charge < -0.3 is 9.87 Å². The van der Waals surface area contributed by atoms with E-state index in [1.54, 1.807) is 24.3 Å². The molecule has 0 aliphatic carbocycles. The van der Waals surface area contributed by atoms with E-state index in [0.29, 0.717) is 35.8 Å². The van der Waals surface area contributed by atoms with Crippen LogP contribution in [-0.4, -0.2) is 57.1 Å². The lowest BCUT2D eigenvalue weighted by atomic mass is 10.1. The first-order valence-electron chi connectivity index (χ1n) is 7.62. The molecule has 130 valence electrons. The van der Waals surface area contributed by atoms with E-state index in [1.165, 1.54) is 17.6 Å². The van der Waals surface area contributed by atoms with Gasteiger partial charge in [0, 0.05) is 24.9 Å². The highest BCUT2D eigenvalue weighted by Crippen LogP contribution is 2.18. The number of anilines is 1. The Bertz CT molecular complexity index is 615. The number of carbonyl (C=O) groups excluding carboxylic acids is 2. The summed E-state index contributed by atoms with van der Waals surface area (Å²) in [6.45, 7) is 3.10. The lowest BCUT2D eigenvalue weighted by Crippen LogP contribution is -2.49. The SMILES string of the molecule is CC(C(=O)Nc1ccccc1/C=C/C(=O)NO)N1CC[S+]([O-])CC1. The predicted octanol–water partition coefficient (Wildman–Crippen LogP) is 0.596. The lowest BCUT2D eigenvalue weighted by molar-refractivity contribution is -0.124. The molecule has 1 saturated heterocycles. The van der Waals surface area contributed by atoms with Crippen molar-refractivity contribution in [1.82, 2.24) is 10.4 Å². The molecule has 0 spiro atoms. The monoisotopic (exact) mass is 351 g/mol. The Kier molecular flexibility index (Phi) is 6.80. The molecule has 2 amide bonds. The number of nitrogens with zero attached hydrogens (tertiary/aromatic N) is 1. The molecule has 24 heavy (non-hydrogen) atoms. The van der Waals surface area contributed by atoms with Crippen molar-refractivity contribution in [2.75, 3.05) is 29.9 Å². The second-order valence-corrected chi connectivity index (χ2v) is 7.14. The van der Waals surface area contributed by atoms with Gasteiger partial charge in [0.2, 0.25) is 5.91 Å². The summed E-state index contributed by atoms with van der Waals surface area (Å²) in [5.74, 6) is 0.376. The van der Waals surface area contributed by atoms with Crippen LogP contribution in [0.15, 0.2) is 30.3 Å². The van der Waals surface area contributed by atoms with Gasteiger partial charge >= 0.3 is 0 Å². The normalized spacial score (nSPS) is 17.6. The summed E-state index contributed by atoms with van der Waals surface area (Å²) in [6, 6.07) is 6.74. The molecular formula is C16H21N3O4S. The number of carbonyl (C=O) groups is 2. The first-order valence-corrected chi connectivity index (χ1v) is 9.11. The third-order valence-corrected chi connectivity index (χ3v) is 5.16. The molecule has 3 N–H and O–H groups in total. The van der Waals surface area contributed by atoms with Crippen molar-refractivity contribution < 1.29 is 19.3 Å². The Balaban J connectivity index is 2.03. The molecule has 7 nitrogen and oxygen atoms in total. The highest BCUT2D eigenvalue weighted by molar-refractivity contribution is 7.91. The largest absolute Gasteiger partial charge is 0.616 e. The molecule has 1 aromatic rings. The first kappa shape index (κ1) is 18.5. The lowest BCUT2D eigenvalue weighted by Gasteiger charge is -2.32. The van der Waals surface area contributed by atoms with Crippen LogP contribution in [0.1, 0.15) is 12.5 Å². The molecule has 1 aromatic carbocycles. The number of rotatable bonds is 5. The number of hydroxylamine groups is 1. The van der Waals surface area contributed by atoms with Gasteiger partial charge in [-0.3, -0.25) is 19.7 Å². The van der Waals surface area contributed by atoms with Gasteiger partial charge in [0.25, 0.3) is 5.91 Å². The Morgan fingerprint density at radius 3 is 2.67 bits per heavy atom. The third-order valence-electron chi connectivity index (χ3n) is 3.88. The fourth-order valence-corrected chi connectivity index (χ4v) is 3.48. The molecule has 0 radical (unpaired) electrons. The predicted molar refractivity (Wildman–Crippen MR) is 92.9 cm³/mol. The third kappa shape index (κ3) is 5.07. The van der Waals surface area contributed by atoms with Crippen molar-refractivity contribution in [3.8, 4) is 0 Å². The van der Waals surface area contributed by atoms with Gasteiger partial charge in [-0.05, 0) is 24.6 Å². The van der Waals surface area contributed by atoms with Crippen LogP contribution < -0.4 is 10.8 Å². The van der Waals surface area contributed by atoms with E-state index in [9.17, 15) is 14.1 Å². The number of nitrogens with one attached hydrogen (secondary N) is 2. The molecule has 1 atom stereocenters. The second kappa shape index (κ2) is 8.84. The summed E-state index contributed by atoms with van der Waals surface area (Å²) in [5.41, 5.74) is 2.75. The van der Waals surface area contributed by atoms with Crippen LogP contribution in [0.4, 0.5) is 5.69 Å². The van der Waals surface area contributed by atoms with E-state index in [4.69, 9.17) is 5.21 Å². The van der Waals surface area contributed by atoms with Crippen LogP contribution in [0, 0.1) is 0 Å². The average Bonchev–Trinajstić information content (AvgIpc) is 2.60. The van der Waals surface area contributed by atoms with Crippen molar-refractivity contribution in [2.45, 2.75) is 13.0 Å². The Morgan fingerprint density at radius 2 is 2.00 bits per heavy atom. The van der Waals surface area contributed by atoms with E-state index in [0.717, 1.165) is 0 Å². The van der Waals surface area contributed by atoms with E-state index >= 15 is 0 Å². The van der Waals surface area contributed by atoms with Crippen LogP contribution in [0.5, 0.6) is 0 Å². The second-order valence-electron chi connectivity index (χ2n) is 5.45. The fourth-order valence-electron chi connectivity index (χ4n) is 2.40. The summed E-state index contributed by atoms with van der Waals surface area (Å²) < 4.78 is 11.4. The van der Waals surface area contributed by atoms with Gasteiger partial charge in [-0.2, -0.15) is 0 Å². The maximum absolute atomic E-state index is 12.5. The molecule has 1 aliphatic heterocycles. The first-order chi connectivity index (χ1) is 11.5. The molecule has 1 fully saturated rings. The smallest absolute Gasteiger partial charge is 0.267 e. The highest BCUT2D eigenvalue weighted by atomic mass is 32.2. The number of amides is 2. The summed E-state index contributed by atoms with van der Waals surface area (Å²) in [4.78, 5) is 25.6. The van der Waals surface area contributed by atoms with Crippen molar-refractivity contribution in [1.29, 1.82) is 0 Å². The minimum atomic E-state index is -0.781. The molecular weight excluding hydrogens is 330 g/mol. The van der Waals surface area contributed by atoms with E-state index in [2.05, 4.69) is 5.32 Å². The van der Waals surface area contributed by atoms with Crippen LogP contribution in [-0.2, 0) is 20.8 Å². The molecule has 0 aromatic heterocycles. The number of hydrogen-bond acceptors (Lipinski definition) is 5. The molecule has 1 aliphatic rings. The van der Waals surface area contributed by atoms with Crippen molar-refractivity contribution in [2.24, 2.45) is 0 Å². The standard InChI is InChI=1S/C16H21N3O4S/c1-12(19-8-10-24(23)11-9-19)16(21)17-14-5-3-2-4-13(14)6-7-15(20)18-22/h2-7,12,22H,8-11H2,1H3,(H,17,21)(H,18,20)/b7-6+. The van der Waals surface area contributed by atoms with Crippen molar-refractivity contribution in [3.05, 3.63) is 35.9 Å². The molecule has 0 bridgehead atoms. The maximum Gasteiger partial charge on any atom is 0.267 e. The Labute approximate surface area is 143 Å². The Hall–Kier alpha value is -1.87. The maximum atomic E-state index is 12.5. The topological polar surface area (TPSA) is 105 Å². The number of hydrogen-bond donors (Lipinski definition) is 3. The minimum Gasteiger partial charge on any atom is -0.616 e. The van der Waals surface area contributed by atoms with Crippen LogP contribution in [0.3, 0.4) is 0 Å². The van der Waals surface area contributed by atoms with Gasteiger partial charge in [-0.1, -0.05) is 29.4 Å². The van der Waals surface area contributed by atoms with Crippen molar-refractivity contribution in [3.63, 3.8) is 0 Å². The summed E-state index contributed by atoms with van der Waals surface area (Å²) in [5, 5.41) is 11.4. The van der Waals surface area contributed by atoms with E-state index in [1.807, 2.05) is 11.8 Å². The van der Waals surface area contributed by atoms with Gasteiger partial charge in [-0.15, -0.1) is 0 Å². The van der Waals surface area contributed by atoms with Crippen molar-refractivity contribution >= 4 is 34.8 Å². The number of para-hydroxylation sites is 1. The van der Waals surface area contributed by atoms with E-state index < -0.39 is 17.1 Å². The van der Waals surface area contributed by atoms with Crippen LogP contribution >= 0.6 is 0 Å². The van der Waals surface area contributed by atoms with Gasteiger partial charge in [0.1, 0.15) is 11.5 Å². The van der Waals surface area contributed by atoms with Crippen LogP contribution in [0.25, 0.3) is 6.08 Å². The molecule has 1 unspecified atom stereocenters. The zero-order valence-corrected chi connectivity index (χ0v) is 14.2. The minimum absolute atomic E-state index is 0.157. The zero-order chi connectivity index (χ0) is 17.5. The average molecular weight is 351 g/mol. The quantitative estimate of drug-likeness (QED) is 0.312. The molecule has 1 heterocycles. The summed E-state index contributed by atoms with van der Waals surface area (Å²) in [7, 11) is 0. The van der Waals surface area contributed by atoms with Gasteiger partial charge in [-0.25, -0.2) is 5.48 Å². The Morgan fingerprint density at radius 1 is 1.33 bits per heavy atom. The fraction of sp³-hybridized carbons (Fsp3) is 0.375. The highest BCUT2D eigenvalue weighted by Gasteiger charge is 2.27. The zero-order valence-electron chi connectivity index (χ0n) is 13.4. The van der Waals surface area contributed by atoms with Gasteiger partial charge in [0.15, 0.2) is 0 Å². The summed E-state index contributed by atoms with van der Waals surface area (Å²) >= 11 is -0.781. The van der Waals surface area contributed by atoms with Gasteiger partial charge in [0.05, 0.1) is 6.04 Å². The molecule has 2 rings (SSSR count). The van der Waals surface area contributed by atoms with E-state index in [-0.39, 0.29) is 11.9 Å². The molecule has 0 saturated carbocycles.